The van der Waals surface area contributed by atoms with Crippen LogP contribution in [0.2, 0.25) is 0 Å². The summed E-state index contributed by atoms with van der Waals surface area (Å²) in [4.78, 5) is 11.6. The average Bonchev–Trinajstić information content (AvgIpc) is 2.28. The molecule has 18 heavy (non-hydrogen) atoms. The van der Waals surface area contributed by atoms with Gasteiger partial charge in [0.15, 0.2) is 0 Å². The molecule has 1 fully saturated rings. The summed E-state index contributed by atoms with van der Waals surface area (Å²) in [6, 6.07) is 0. The number of aliphatic hydroxyl groups excluding tert-OH is 4. The molecule has 5 atom stereocenters. The lowest BCUT2D eigenvalue weighted by molar-refractivity contribution is -0.294. The summed E-state index contributed by atoms with van der Waals surface area (Å²) in [5.74, 6) is -0.619. The highest BCUT2D eigenvalue weighted by Gasteiger charge is 2.46. The van der Waals surface area contributed by atoms with Crippen molar-refractivity contribution < 1.29 is 34.7 Å². The van der Waals surface area contributed by atoms with Crippen LogP contribution in [-0.2, 0) is 14.3 Å². The van der Waals surface area contributed by atoms with Crippen LogP contribution < -0.4 is 0 Å². The second-order valence-corrected chi connectivity index (χ2v) is 5.35. The fraction of sp³-hybridized carbons (Fsp3) is 0.909. The van der Waals surface area contributed by atoms with E-state index in [0.29, 0.717) is 0 Å². The minimum atomic E-state index is -1.56. The third-order valence-corrected chi connectivity index (χ3v) is 2.68. The van der Waals surface area contributed by atoms with E-state index in [1.54, 1.807) is 20.8 Å². The number of hydrogen-bond acceptors (Lipinski definition) is 7. The highest BCUT2D eigenvalue weighted by molar-refractivity contribution is 5.75. The van der Waals surface area contributed by atoms with Crippen LogP contribution in [0.1, 0.15) is 20.8 Å². The Morgan fingerprint density at radius 3 is 2.17 bits per heavy atom. The van der Waals surface area contributed by atoms with Gasteiger partial charge in [0.25, 0.3) is 0 Å². The Morgan fingerprint density at radius 2 is 1.72 bits per heavy atom. The van der Waals surface area contributed by atoms with Crippen molar-refractivity contribution >= 4 is 5.97 Å². The van der Waals surface area contributed by atoms with E-state index >= 15 is 0 Å². The zero-order chi connectivity index (χ0) is 14.1. The maximum Gasteiger partial charge on any atom is 0.313 e. The van der Waals surface area contributed by atoms with E-state index < -0.39 is 48.7 Å². The first-order valence-electron chi connectivity index (χ1n) is 5.70. The number of rotatable bonds is 2. The van der Waals surface area contributed by atoms with Gasteiger partial charge in [0.2, 0.25) is 6.29 Å². The highest BCUT2D eigenvalue weighted by Crippen LogP contribution is 2.24. The van der Waals surface area contributed by atoms with Gasteiger partial charge in [-0.05, 0) is 20.8 Å². The molecule has 106 valence electrons. The van der Waals surface area contributed by atoms with E-state index in [1.807, 2.05) is 0 Å². The molecule has 1 unspecified atom stereocenters. The van der Waals surface area contributed by atoms with Crippen LogP contribution in [0.4, 0.5) is 0 Å². The standard InChI is InChI=1S/C11H20O7/c1-11(2,3)10(16)18-9-8(15)7(14)6(13)5(4-12)17-9/h5-9,12-15H,4H2,1-3H3/t5-,6-,7+,8-,9?/m1/s1. The lowest BCUT2D eigenvalue weighted by Gasteiger charge is -2.39. The van der Waals surface area contributed by atoms with Crippen molar-refractivity contribution in [2.45, 2.75) is 51.5 Å². The van der Waals surface area contributed by atoms with Crippen LogP contribution in [-0.4, -0.2) is 63.7 Å². The normalized spacial score (nSPS) is 37.4. The molecule has 1 heterocycles. The number of esters is 1. The molecule has 0 saturated carbocycles. The molecule has 1 saturated heterocycles. The predicted molar refractivity (Wildman–Crippen MR) is 59.3 cm³/mol. The van der Waals surface area contributed by atoms with Gasteiger partial charge in [-0.3, -0.25) is 4.79 Å². The van der Waals surface area contributed by atoms with Crippen molar-refractivity contribution in [3.63, 3.8) is 0 Å². The Hall–Kier alpha value is -0.730. The number of aliphatic hydroxyl groups is 4. The van der Waals surface area contributed by atoms with Crippen molar-refractivity contribution in [2.24, 2.45) is 5.41 Å². The molecule has 7 heteroatoms. The van der Waals surface area contributed by atoms with Crippen molar-refractivity contribution in [3.8, 4) is 0 Å². The Bertz CT molecular complexity index is 296. The molecule has 0 radical (unpaired) electrons. The second kappa shape index (κ2) is 5.50. The third kappa shape index (κ3) is 3.18. The van der Waals surface area contributed by atoms with Crippen LogP contribution in [0.15, 0.2) is 0 Å². The fourth-order valence-electron chi connectivity index (χ4n) is 1.45. The van der Waals surface area contributed by atoms with Crippen molar-refractivity contribution in [1.29, 1.82) is 0 Å². The van der Waals surface area contributed by atoms with E-state index in [-0.39, 0.29) is 0 Å². The topological polar surface area (TPSA) is 116 Å². The van der Waals surface area contributed by atoms with Gasteiger partial charge >= 0.3 is 5.97 Å². The molecule has 1 rings (SSSR count). The first kappa shape index (κ1) is 15.3. The average molecular weight is 264 g/mol. The van der Waals surface area contributed by atoms with Crippen LogP contribution in [0.25, 0.3) is 0 Å². The Morgan fingerprint density at radius 1 is 1.17 bits per heavy atom. The van der Waals surface area contributed by atoms with E-state index in [2.05, 4.69) is 0 Å². The Balaban J connectivity index is 2.74. The van der Waals surface area contributed by atoms with Gasteiger partial charge in [0.05, 0.1) is 12.0 Å². The monoisotopic (exact) mass is 264 g/mol. The molecule has 4 N–H and O–H groups in total. The summed E-state index contributed by atoms with van der Waals surface area (Å²) in [7, 11) is 0. The smallest absolute Gasteiger partial charge is 0.313 e. The minimum absolute atomic E-state index is 0.561. The van der Waals surface area contributed by atoms with Gasteiger partial charge in [-0.15, -0.1) is 0 Å². The summed E-state index contributed by atoms with van der Waals surface area (Å²) in [5.41, 5.74) is -0.793. The quantitative estimate of drug-likeness (QED) is 0.443. The lowest BCUT2D eigenvalue weighted by Crippen LogP contribution is -2.59. The lowest BCUT2D eigenvalue weighted by atomic mass is 9.96. The van der Waals surface area contributed by atoms with Crippen LogP contribution >= 0.6 is 0 Å². The number of hydrogen-bond donors (Lipinski definition) is 4. The van der Waals surface area contributed by atoms with Crippen LogP contribution in [0.3, 0.4) is 0 Å². The third-order valence-electron chi connectivity index (χ3n) is 2.68. The predicted octanol–water partition coefficient (Wildman–Crippen LogP) is -1.62. The Kier molecular flexibility index (Phi) is 4.68. The van der Waals surface area contributed by atoms with Gasteiger partial charge in [0.1, 0.15) is 24.4 Å². The maximum absolute atomic E-state index is 11.6. The van der Waals surface area contributed by atoms with E-state index in [0.717, 1.165) is 0 Å². The van der Waals surface area contributed by atoms with E-state index in [4.69, 9.17) is 14.6 Å². The molecule has 0 aliphatic carbocycles. The Labute approximate surface area is 105 Å². The summed E-state index contributed by atoms with van der Waals surface area (Å²) >= 11 is 0. The maximum atomic E-state index is 11.6. The number of carbonyl (C=O) groups excluding carboxylic acids is 1. The molecule has 1 aliphatic heterocycles. The van der Waals surface area contributed by atoms with Gasteiger partial charge in [0, 0.05) is 0 Å². The van der Waals surface area contributed by atoms with Gasteiger partial charge < -0.3 is 29.9 Å². The summed E-state index contributed by atoms with van der Waals surface area (Å²) in [6.07, 6.45) is -7.06. The fourth-order valence-corrected chi connectivity index (χ4v) is 1.45. The molecular weight excluding hydrogens is 244 g/mol. The summed E-state index contributed by atoms with van der Waals surface area (Å²) in [6.45, 7) is 4.31. The molecule has 0 spiro atoms. The molecule has 0 aromatic carbocycles. The molecule has 0 aromatic rings. The first-order valence-corrected chi connectivity index (χ1v) is 5.70. The first-order chi connectivity index (χ1) is 8.18. The van der Waals surface area contributed by atoms with Crippen LogP contribution in [0.5, 0.6) is 0 Å². The van der Waals surface area contributed by atoms with Gasteiger partial charge in [-0.25, -0.2) is 0 Å². The molecule has 0 amide bonds. The van der Waals surface area contributed by atoms with E-state index in [1.165, 1.54) is 0 Å². The molecule has 0 bridgehead atoms. The second-order valence-electron chi connectivity index (χ2n) is 5.35. The largest absolute Gasteiger partial charge is 0.432 e. The summed E-state index contributed by atoms with van der Waals surface area (Å²) in [5, 5.41) is 37.6. The zero-order valence-corrected chi connectivity index (χ0v) is 10.6. The zero-order valence-electron chi connectivity index (χ0n) is 10.6. The number of carbonyl (C=O) groups is 1. The van der Waals surface area contributed by atoms with Crippen molar-refractivity contribution in [2.75, 3.05) is 6.61 Å². The SMILES string of the molecule is CC(C)(C)C(=O)OC1O[C@H](CO)[C@@H](O)[C@H](O)[C@H]1O. The highest BCUT2D eigenvalue weighted by atomic mass is 16.7. The molecule has 0 aromatic heterocycles. The van der Waals surface area contributed by atoms with Crippen molar-refractivity contribution in [3.05, 3.63) is 0 Å². The van der Waals surface area contributed by atoms with Crippen molar-refractivity contribution in [1.82, 2.24) is 0 Å². The molecule has 7 nitrogen and oxygen atoms in total. The molecular formula is C11H20O7. The van der Waals surface area contributed by atoms with E-state index in [9.17, 15) is 20.1 Å². The van der Waals surface area contributed by atoms with Gasteiger partial charge in [-0.2, -0.15) is 0 Å². The summed E-state index contributed by atoms with van der Waals surface area (Å²) < 4.78 is 9.97. The number of ether oxygens (including phenoxy) is 2. The van der Waals surface area contributed by atoms with Crippen LogP contribution in [0, 0.1) is 5.41 Å². The van der Waals surface area contributed by atoms with Gasteiger partial charge in [-0.1, -0.05) is 0 Å². The minimum Gasteiger partial charge on any atom is -0.432 e. The molecule has 1 aliphatic rings.